The van der Waals surface area contributed by atoms with Gasteiger partial charge in [-0.25, -0.2) is 0 Å². The molecule has 3 aromatic rings. The molecule has 0 saturated heterocycles. The van der Waals surface area contributed by atoms with Crippen molar-refractivity contribution in [1.29, 1.82) is 0 Å². The molecule has 0 aliphatic heterocycles. The number of halogens is 3. The molecule has 1 unspecified atom stereocenters. The van der Waals surface area contributed by atoms with E-state index in [0.29, 0.717) is 0 Å². The van der Waals surface area contributed by atoms with Gasteiger partial charge < -0.3 is 9.15 Å². The number of esters is 1. The van der Waals surface area contributed by atoms with Gasteiger partial charge in [0, 0.05) is 12.5 Å². The van der Waals surface area contributed by atoms with Gasteiger partial charge >= 0.3 is 12.1 Å². The highest BCUT2D eigenvalue weighted by atomic mass is 19.4. The van der Waals surface area contributed by atoms with Gasteiger partial charge in [0.2, 0.25) is 0 Å². The van der Waals surface area contributed by atoms with E-state index in [1.807, 2.05) is 0 Å². The first-order valence-corrected chi connectivity index (χ1v) is 7.63. The number of benzene rings is 2. The van der Waals surface area contributed by atoms with Crippen molar-refractivity contribution in [1.82, 2.24) is 0 Å². The second-order valence-corrected chi connectivity index (χ2v) is 5.59. The molecule has 0 fully saturated rings. The molecule has 0 amide bonds. The van der Waals surface area contributed by atoms with Crippen LogP contribution in [0.2, 0.25) is 0 Å². The molecule has 0 N–H and O–H groups in total. The van der Waals surface area contributed by atoms with Gasteiger partial charge in [-0.2, -0.15) is 13.2 Å². The molecule has 1 heterocycles. The van der Waals surface area contributed by atoms with E-state index in [1.54, 1.807) is 18.2 Å². The summed E-state index contributed by atoms with van der Waals surface area (Å²) in [6.07, 6.45) is -5.18. The third kappa shape index (κ3) is 3.33. The lowest BCUT2D eigenvalue weighted by molar-refractivity contribution is -0.148. The van der Waals surface area contributed by atoms with Crippen molar-refractivity contribution in [3.8, 4) is 0 Å². The Morgan fingerprint density at radius 3 is 2.38 bits per heavy atom. The van der Waals surface area contributed by atoms with Crippen molar-refractivity contribution >= 4 is 16.9 Å². The molecule has 0 spiro atoms. The lowest BCUT2D eigenvalue weighted by Gasteiger charge is -2.21. The van der Waals surface area contributed by atoms with Crippen LogP contribution in [0.3, 0.4) is 0 Å². The van der Waals surface area contributed by atoms with Crippen LogP contribution >= 0.6 is 0 Å². The van der Waals surface area contributed by atoms with E-state index in [2.05, 4.69) is 0 Å². The Kier molecular flexibility index (Phi) is 4.54. The third-order valence-corrected chi connectivity index (χ3v) is 3.82. The fraction of sp³-hybridized carbons (Fsp3) is 0.158. The first-order valence-electron chi connectivity index (χ1n) is 7.63. The van der Waals surface area contributed by atoms with Crippen LogP contribution in [0.5, 0.6) is 0 Å². The second kappa shape index (κ2) is 6.67. The molecular weight excluding hydrogens is 349 g/mol. The molecule has 26 heavy (non-hydrogen) atoms. The zero-order chi connectivity index (χ0) is 18.9. The molecule has 1 aromatic heterocycles. The Balaban J connectivity index is 2.25. The van der Waals surface area contributed by atoms with Crippen molar-refractivity contribution in [3.63, 3.8) is 0 Å². The highest BCUT2D eigenvalue weighted by Crippen LogP contribution is 2.37. The second-order valence-electron chi connectivity index (χ2n) is 5.59. The number of alkyl halides is 3. The van der Waals surface area contributed by atoms with Crippen molar-refractivity contribution < 1.29 is 27.1 Å². The number of hydrogen-bond acceptors (Lipinski definition) is 4. The SMILES string of the molecule is CC(=O)OC(c1ccccc1C(F)(F)F)c1coc2ccccc2c1=O. The van der Waals surface area contributed by atoms with Gasteiger partial charge in [0.15, 0.2) is 11.5 Å². The maximum Gasteiger partial charge on any atom is 0.416 e. The van der Waals surface area contributed by atoms with Crippen LogP contribution in [0, 0.1) is 0 Å². The smallest absolute Gasteiger partial charge is 0.416 e. The van der Waals surface area contributed by atoms with Crippen molar-refractivity contribution in [2.24, 2.45) is 0 Å². The minimum Gasteiger partial charge on any atom is -0.464 e. The van der Waals surface area contributed by atoms with E-state index in [9.17, 15) is 22.8 Å². The monoisotopic (exact) mass is 362 g/mol. The summed E-state index contributed by atoms with van der Waals surface area (Å²) >= 11 is 0. The summed E-state index contributed by atoms with van der Waals surface area (Å²) in [5, 5.41) is 0.187. The average molecular weight is 362 g/mol. The lowest BCUT2D eigenvalue weighted by Crippen LogP contribution is -2.22. The van der Waals surface area contributed by atoms with Crippen LogP contribution in [-0.4, -0.2) is 5.97 Å². The normalized spacial score (nSPS) is 12.8. The maximum atomic E-state index is 13.4. The topological polar surface area (TPSA) is 56.5 Å². The molecule has 7 heteroatoms. The number of rotatable bonds is 3. The van der Waals surface area contributed by atoms with Gasteiger partial charge in [0.05, 0.1) is 16.5 Å². The summed E-state index contributed by atoms with van der Waals surface area (Å²) in [6.45, 7) is 1.06. The zero-order valence-corrected chi connectivity index (χ0v) is 13.5. The Morgan fingerprint density at radius 2 is 1.69 bits per heavy atom. The molecular formula is C19H13F3O4. The minimum atomic E-state index is -4.67. The lowest BCUT2D eigenvalue weighted by atomic mass is 9.96. The molecule has 1 atom stereocenters. The molecule has 0 aliphatic carbocycles. The van der Waals surface area contributed by atoms with E-state index < -0.39 is 29.2 Å². The summed E-state index contributed by atoms with van der Waals surface area (Å²) < 4.78 is 50.6. The molecule has 0 bridgehead atoms. The number of carbonyl (C=O) groups is 1. The first kappa shape index (κ1) is 17.7. The van der Waals surface area contributed by atoms with Crippen LogP contribution in [0.4, 0.5) is 13.2 Å². The van der Waals surface area contributed by atoms with Crippen molar-refractivity contribution in [2.75, 3.05) is 0 Å². The van der Waals surface area contributed by atoms with Gasteiger partial charge in [0.25, 0.3) is 0 Å². The van der Waals surface area contributed by atoms with Crippen LogP contribution in [0.1, 0.15) is 29.7 Å². The standard InChI is InChI=1S/C19H13F3O4/c1-11(23)26-18(12-6-2-4-8-15(12)19(20,21)22)14-10-25-16-9-5-3-7-13(16)17(14)24/h2-10,18H,1H3. The molecule has 0 saturated carbocycles. The van der Waals surface area contributed by atoms with E-state index in [0.717, 1.165) is 19.3 Å². The van der Waals surface area contributed by atoms with Gasteiger partial charge in [-0.15, -0.1) is 0 Å². The van der Waals surface area contributed by atoms with Crippen molar-refractivity contribution in [2.45, 2.75) is 19.2 Å². The molecule has 3 rings (SSSR count). The number of para-hydroxylation sites is 1. The fourth-order valence-corrected chi connectivity index (χ4v) is 2.72. The largest absolute Gasteiger partial charge is 0.464 e. The summed E-state index contributed by atoms with van der Waals surface area (Å²) in [5.74, 6) is -0.820. The Bertz CT molecular complexity index is 1020. The van der Waals surface area contributed by atoms with E-state index >= 15 is 0 Å². The highest BCUT2D eigenvalue weighted by molar-refractivity contribution is 5.77. The molecule has 0 aliphatic rings. The predicted octanol–water partition coefficient (Wildman–Crippen LogP) is 4.46. The number of hydrogen-bond donors (Lipinski definition) is 0. The van der Waals surface area contributed by atoms with E-state index in [-0.39, 0.29) is 22.1 Å². The predicted molar refractivity (Wildman–Crippen MR) is 87.5 cm³/mol. The van der Waals surface area contributed by atoms with Gasteiger partial charge in [-0.3, -0.25) is 9.59 Å². The van der Waals surface area contributed by atoms with Crippen LogP contribution in [0.25, 0.3) is 11.0 Å². The van der Waals surface area contributed by atoms with Crippen LogP contribution < -0.4 is 5.43 Å². The van der Waals surface area contributed by atoms with Crippen molar-refractivity contribution in [3.05, 3.63) is 81.7 Å². The minimum absolute atomic E-state index is 0.185. The van der Waals surface area contributed by atoms with Gasteiger partial charge in [0.1, 0.15) is 11.8 Å². The zero-order valence-electron chi connectivity index (χ0n) is 13.5. The summed E-state index contributed by atoms with van der Waals surface area (Å²) in [5.41, 5.74) is -1.78. The Morgan fingerprint density at radius 1 is 1.04 bits per heavy atom. The first-order chi connectivity index (χ1) is 12.3. The Hall–Kier alpha value is -3.09. The average Bonchev–Trinajstić information content (AvgIpc) is 2.60. The molecule has 2 aromatic carbocycles. The van der Waals surface area contributed by atoms with E-state index in [1.165, 1.54) is 24.3 Å². The number of ether oxygens (including phenoxy) is 1. The summed E-state index contributed by atoms with van der Waals surface area (Å²) in [6, 6.07) is 11.0. The van der Waals surface area contributed by atoms with Crippen LogP contribution in [-0.2, 0) is 15.7 Å². The third-order valence-electron chi connectivity index (χ3n) is 3.82. The maximum absolute atomic E-state index is 13.4. The quantitative estimate of drug-likeness (QED) is 0.646. The Labute approximate surface area is 145 Å². The van der Waals surface area contributed by atoms with Gasteiger partial charge in [-0.05, 0) is 18.2 Å². The molecule has 134 valence electrons. The van der Waals surface area contributed by atoms with Gasteiger partial charge in [-0.1, -0.05) is 30.3 Å². The number of fused-ring (bicyclic) bond motifs is 1. The molecule has 4 nitrogen and oxygen atoms in total. The van der Waals surface area contributed by atoms with E-state index in [4.69, 9.17) is 9.15 Å². The van der Waals surface area contributed by atoms with Crippen LogP contribution in [0.15, 0.2) is 64.0 Å². The molecule has 0 radical (unpaired) electrons. The summed E-state index contributed by atoms with van der Waals surface area (Å²) in [4.78, 5) is 24.3. The summed E-state index contributed by atoms with van der Waals surface area (Å²) in [7, 11) is 0. The number of carbonyl (C=O) groups excluding carboxylic acids is 1. The fourth-order valence-electron chi connectivity index (χ4n) is 2.72. The highest BCUT2D eigenvalue weighted by Gasteiger charge is 2.37.